The lowest BCUT2D eigenvalue weighted by molar-refractivity contribution is 0.0951. The smallest absolute Gasteiger partial charge is 0.292 e. The van der Waals surface area contributed by atoms with Crippen LogP contribution < -0.4 is 15.9 Å². The van der Waals surface area contributed by atoms with E-state index >= 15 is 0 Å². The van der Waals surface area contributed by atoms with Crippen molar-refractivity contribution >= 4 is 28.6 Å². The van der Waals surface area contributed by atoms with E-state index < -0.39 is 5.91 Å². The Kier molecular flexibility index (Phi) is 5.77. The van der Waals surface area contributed by atoms with Gasteiger partial charge in [0.15, 0.2) is 5.69 Å². The van der Waals surface area contributed by atoms with Crippen LogP contribution in [0.25, 0.3) is 10.8 Å². The van der Waals surface area contributed by atoms with Gasteiger partial charge in [0, 0.05) is 24.7 Å². The molecule has 0 aliphatic heterocycles. The zero-order chi connectivity index (χ0) is 19.9. The van der Waals surface area contributed by atoms with Gasteiger partial charge in [-0.2, -0.15) is 15.5 Å². The summed E-state index contributed by atoms with van der Waals surface area (Å²) in [6.45, 7) is 0.653. The third-order valence-corrected chi connectivity index (χ3v) is 4.18. The van der Waals surface area contributed by atoms with Gasteiger partial charge < -0.3 is 4.90 Å². The zero-order valence-electron chi connectivity index (χ0n) is 15.2. The van der Waals surface area contributed by atoms with Crippen LogP contribution in [0, 0.1) is 11.3 Å². The molecule has 8 nitrogen and oxygen atoms in total. The molecule has 2 aromatic carbocycles. The van der Waals surface area contributed by atoms with E-state index in [-0.39, 0.29) is 11.3 Å². The second kappa shape index (κ2) is 8.60. The number of aromatic amines is 1. The summed E-state index contributed by atoms with van der Waals surface area (Å²) in [5, 5.41) is 19.6. The van der Waals surface area contributed by atoms with Gasteiger partial charge in [-0.05, 0) is 23.8 Å². The standard InChI is InChI=1S/C20H18N6O2/c1-26(12-4-11-21)15-9-7-14(8-10-15)13-22-24-20(28)18-16-5-2-3-6-17(16)19(27)25-23-18/h2-3,5-10,13H,4,12H2,1H3,(H,24,28)(H,25,27)/b22-13-. The summed E-state index contributed by atoms with van der Waals surface area (Å²) in [4.78, 5) is 26.1. The summed E-state index contributed by atoms with van der Waals surface area (Å²) in [6, 6.07) is 16.4. The molecule has 140 valence electrons. The molecular weight excluding hydrogens is 356 g/mol. The first-order valence-electron chi connectivity index (χ1n) is 8.59. The number of fused-ring (bicyclic) bond motifs is 1. The minimum absolute atomic E-state index is 0.0989. The maximum absolute atomic E-state index is 12.4. The van der Waals surface area contributed by atoms with Crippen LogP contribution in [0.2, 0.25) is 0 Å². The normalized spacial score (nSPS) is 10.7. The predicted octanol–water partition coefficient (Wildman–Crippen LogP) is 2.04. The topological polar surface area (TPSA) is 114 Å². The summed E-state index contributed by atoms with van der Waals surface area (Å²) in [5.41, 5.74) is 3.96. The number of anilines is 1. The van der Waals surface area contributed by atoms with E-state index in [4.69, 9.17) is 5.26 Å². The van der Waals surface area contributed by atoms with Crippen molar-refractivity contribution in [3.8, 4) is 6.07 Å². The van der Waals surface area contributed by atoms with Crippen LogP contribution in [-0.2, 0) is 0 Å². The SMILES string of the molecule is CN(CCC#N)c1ccc(/C=N\NC(=O)c2n[nH]c(=O)c3ccccc23)cc1. The number of carbonyl (C=O) groups is 1. The minimum Gasteiger partial charge on any atom is -0.374 e. The molecule has 0 atom stereocenters. The molecule has 0 spiro atoms. The van der Waals surface area contributed by atoms with Crippen LogP contribution in [0.15, 0.2) is 58.4 Å². The fourth-order valence-corrected chi connectivity index (χ4v) is 2.67. The average molecular weight is 374 g/mol. The van der Waals surface area contributed by atoms with Crippen LogP contribution >= 0.6 is 0 Å². The van der Waals surface area contributed by atoms with Gasteiger partial charge in [0.2, 0.25) is 0 Å². The number of amides is 1. The molecule has 8 heteroatoms. The van der Waals surface area contributed by atoms with E-state index in [1.54, 1.807) is 24.3 Å². The highest BCUT2D eigenvalue weighted by molar-refractivity contribution is 6.04. The first kappa shape index (κ1) is 18.8. The number of carbonyl (C=O) groups excluding carboxylic acids is 1. The number of nitrogens with one attached hydrogen (secondary N) is 2. The van der Waals surface area contributed by atoms with Crippen molar-refractivity contribution in [2.45, 2.75) is 6.42 Å². The molecule has 1 amide bonds. The third kappa shape index (κ3) is 4.22. The Morgan fingerprint density at radius 1 is 1.25 bits per heavy atom. The Bertz CT molecular complexity index is 1110. The van der Waals surface area contributed by atoms with E-state index in [9.17, 15) is 9.59 Å². The summed E-state index contributed by atoms with van der Waals surface area (Å²) in [5.74, 6) is -0.517. The summed E-state index contributed by atoms with van der Waals surface area (Å²) in [6.07, 6.45) is 1.98. The lowest BCUT2D eigenvalue weighted by Crippen LogP contribution is -2.22. The molecule has 1 heterocycles. The number of hydrazone groups is 1. The van der Waals surface area contributed by atoms with Crippen molar-refractivity contribution in [3.63, 3.8) is 0 Å². The molecule has 3 aromatic rings. The van der Waals surface area contributed by atoms with Gasteiger partial charge in [0.1, 0.15) is 0 Å². The molecular formula is C20H18N6O2. The molecule has 0 saturated carbocycles. The van der Waals surface area contributed by atoms with Crippen LogP contribution in [0.4, 0.5) is 5.69 Å². The number of benzene rings is 2. The number of nitriles is 1. The summed E-state index contributed by atoms with van der Waals surface area (Å²) >= 11 is 0. The highest BCUT2D eigenvalue weighted by Crippen LogP contribution is 2.14. The van der Waals surface area contributed by atoms with E-state index in [0.717, 1.165) is 11.3 Å². The zero-order valence-corrected chi connectivity index (χ0v) is 15.2. The summed E-state index contributed by atoms with van der Waals surface area (Å²) in [7, 11) is 1.92. The van der Waals surface area contributed by atoms with Gasteiger partial charge in [0.05, 0.1) is 24.1 Å². The maximum Gasteiger partial charge on any atom is 0.292 e. The molecule has 1 aromatic heterocycles. The van der Waals surface area contributed by atoms with E-state index in [0.29, 0.717) is 23.7 Å². The van der Waals surface area contributed by atoms with E-state index in [1.165, 1.54) is 6.21 Å². The minimum atomic E-state index is -0.517. The molecule has 0 aliphatic carbocycles. The molecule has 0 saturated heterocycles. The lowest BCUT2D eigenvalue weighted by atomic mass is 10.1. The number of H-pyrrole nitrogens is 1. The maximum atomic E-state index is 12.4. The largest absolute Gasteiger partial charge is 0.374 e. The van der Waals surface area contributed by atoms with Gasteiger partial charge in [-0.15, -0.1) is 0 Å². The van der Waals surface area contributed by atoms with Gasteiger partial charge in [-0.3, -0.25) is 9.59 Å². The number of aromatic nitrogens is 2. The third-order valence-electron chi connectivity index (χ3n) is 4.18. The Morgan fingerprint density at radius 3 is 2.68 bits per heavy atom. The highest BCUT2D eigenvalue weighted by Gasteiger charge is 2.13. The molecule has 0 fully saturated rings. The quantitative estimate of drug-likeness (QED) is 0.506. The van der Waals surface area contributed by atoms with Crippen LogP contribution in [0.3, 0.4) is 0 Å². The van der Waals surface area contributed by atoms with Gasteiger partial charge >= 0.3 is 0 Å². The van der Waals surface area contributed by atoms with Gasteiger partial charge in [0.25, 0.3) is 11.5 Å². The van der Waals surface area contributed by atoms with Gasteiger partial charge in [-0.1, -0.05) is 30.3 Å². The Hall–Kier alpha value is -3.99. The fourth-order valence-electron chi connectivity index (χ4n) is 2.67. The number of hydrogen-bond acceptors (Lipinski definition) is 6. The Labute approximate surface area is 161 Å². The van der Waals surface area contributed by atoms with E-state index in [1.807, 2.05) is 36.2 Å². The molecule has 0 bridgehead atoms. The fraction of sp³-hybridized carbons (Fsp3) is 0.150. The molecule has 0 radical (unpaired) electrons. The van der Waals surface area contributed by atoms with Crippen LogP contribution in [0.1, 0.15) is 22.5 Å². The average Bonchev–Trinajstić information content (AvgIpc) is 2.73. The van der Waals surface area contributed by atoms with Gasteiger partial charge in [-0.25, -0.2) is 10.5 Å². The molecule has 0 unspecified atom stereocenters. The first-order valence-corrected chi connectivity index (χ1v) is 8.59. The second-order valence-corrected chi connectivity index (χ2v) is 6.07. The Balaban J connectivity index is 1.68. The first-order chi connectivity index (χ1) is 13.6. The molecule has 2 N–H and O–H groups in total. The number of hydrogen-bond donors (Lipinski definition) is 2. The van der Waals surface area contributed by atoms with Crippen molar-refractivity contribution < 1.29 is 4.79 Å². The molecule has 28 heavy (non-hydrogen) atoms. The van der Waals surface area contributed by atoms with Crippen molar-refractivity contribution in [2.24, 2.45) is 5.10 Å². The summed E-state index contributed by atoms with van der Waals surface area (Å²) < 4.78 is 0. The predicted molar refractivity (Wildman–Crippen MR) is 107 cm³/mol. The van der Waals surface area contributed by atoms with Crippen LogP contribution in [0.5, 0.6) is 0 Å². The Morgan fingerprint density at radius 2 is 1.96 bits per heavy atom. The lowest BCUT2D eigenvalue weighted by Gasteiger charge is -2.17. The monoisotopic (exact) mass is 374 g/mol. The van der Waals surface area contributed by atoms with Crippen molar-refractivity contribution in [1.29, 1.82) is 5.26 Å². The van der Waals surface area contributed by atoms with E-state index in [2.05, 4.69) is 26.8 Å². The number of rotatable bonds is 6. The molecule has 0 aliphatic rings. The second-order valence-electron chi connectivity index (χ2n) is 6.07. The van der Waals surface area contributed by atoms with Crippen molar-refractivity contribution in [3.05, 3.63) is 70.1 Å². The van der Waals surface area contributed by atoms with Crippen molar-refractivity contribution in [2.75, 3.05) is 18.5 Å². The van der Waals surface area contributed by atoms with Crippen LogP contribution in [-0.4, -0.2) is 35.9 Å². The van der Waals surface area contributed by atoms with Crippen molar-refractivity contribution in [1.82, 2.24) is 15.6 Å². The molecule has 3 rings (SSSR count). The number of nitrogens with zero attached hydrogens (tertiary/aromatic N) is 4. The highest BCUT2D eigenvalue weighted by atomic mass is 16.2.